The van der Waals surface area contributed by atoms with Gasteiger partial charge in [0.15, 0.2) is 0 Å². The van der Waals surface area contributed by atoms with Gasteiger partial charge in [-0.1, -0.05) is 6.07 Å². The Kier molecular flexibility index (Phi) is 2.46. The number of hydrogen-bond donors (Lipinski definition) is 1. The highest BCUT2D eigenvalue weighted by atomic mass is 32.1. The van der Waals surface area contributed by atoms with Crippen LogP contribution in [0.25, 0.3) is 32.0 Å². The molecule has 4 aromatic rings. The van der Waals surface area contributed by atoms with Gasteiger partial charge in [0, 0.05) is 45.4 Å². The van der Waals surface area contributed by atoms with Crippen molar-refractivity contribution >= 4 is 33.7 Å². The largest absolute Gasteiger partial charge is 0.345 e. The van der Waals surface area contributed by atoms with Gasteiger partial charge in [0.05, 0.1) is 0 Å². The quantitative estimate of drug-likeness (QED) is 0.592. The van der Waals surface area contributed by atoms with Gasteiger partial charge < -0.3 is 4.98 Å². The van der Waals surface area contributed by atoms with E-state index in [-0.39, 0.29) is 0 Å². The molecule has 92 valence electrons. The van der Waals surface area contributed by atoms with E-state index in [0.717, 1.165) is 27.2 Å². The predicted octanol–water partition coefficient (Wildman–Crippen LogP) is 4.41. The molecule has 4 rings (SSSR count). The van der Waals surface area contributed by atoms with E-state index in [1.54, 1.807) is 22.7 Å². The fourth-order valence-electron chi connectivity index (χ4n) is 2.11. The maximum Gasteiger partial charge on any atom is 0.137 e. The molecular formula is C14H9N3S2. The van der Waals surface area contributed by atoms with Crippen molar-refractivity contribution in [3.63, 3.8) is 0 Å². The topological polar surface area (TPSA) is 41.6 Å². The van der Waals surface area contributed by atoms with Crippen molar-refractivity contribution in [2.45, 2.75) is 0 Å². The number of thiophene rings is 1. The zero-order valence-corrected chi connectivity index (χ0v) is 11.5. The van der Waals surface area contributed by atoms with Crippen molar-refractivity contribution in [1.29, 1.82) is 0 Å². The molecule has 4 heterocycles. The number of pyridine rings is 1. The van der Waals surface area contributed by atoms with Crippen LogP contribution in [-0.4, -0.2) is 15.0 Å². The van der Waals surface area contributed by atoms with E-state index in [4.69, 9.17) is 0 Å². The Morgan fingerprint density at radius 1 is 1.11 bits per heavy atom. The lowest BCUT2D eigenvalue weighted by atomic mass is 10.1. The number of aromatic nitrogens is 3. The lowest BCUT2D eigenvalue weighted by Crippen LogP contribution is -1.80. The van der Waals surface area contributed by atoms with Crippen LogP contribution >= 0.6 is 22.7 Å². The van der Waals surface area contributed by atoms with Crippen LogP contribution in [0.1, 0.15) is 0 Å². The smallest absolute Gasteiger partial charge is 0.137 e. The van der Waals surface area contributed by atoms with Gasteiger partial charge in [0.1, 0.15) is 10.7 Å². The molecule has 0 unspecified atom stereocenters. The molecule has 4 aromatic heterocycles. The van der Waals surface area contributed by atoms with Crippen LogP contribution in [0.5, 0.6) is 0 Å². The molecular weight excluding hydrogens is 274 g/mol. The van der Waals surface area contributed by atoms with Crippen molar-refractivity contribution in [2.75, 3.05) is 0 Å². The van der Waals surface area contributed by atoms with Crippen LogP contribution in [0.15, 0.2) is 47.5 Å². The van der Waals surface area contributed by atoms with Gasteiger partial charge in [-0.25, -0.2) is 9.97 Å². The summed E-state index contributed by atoms with van der Waals surface area (Å²) in [5.41, 5.74) is 3.18. The summed E-state index contributed by atoms with van der Waals surface area (Å²) in [6.07, 6.45) is 5.72. The molecule has 19 heavy (non-hydrogen) atoms. The summed E-state index contributed by atoms with van der Waals surface area (Å²) in [7, 11) is 0. The van der Waals surface area contributed by atoms with E-state index in [1.165, 1.54) is 4.88 Å². The van der Waals surface area contributed by atoms with E-state index in [0.29, 0.717) is 0 Å². The van der Waals surface area contributed by atoms with Crippen LogP contribution in [0.2, 0.25) is 0 Å². The Balaban J connectivity index is 1.95. The monoisotopic (exact) mass is 283 g/mol. The van der Waals surface area contributed by atoms with Crippen molar-refractivity contribution in [3.8, 4) is 21.0 Å². The number of aromatic amines is 1. The molecule has 0 bridgehead atoms. The second kappa shape index (κ2) is 4.29. The SMILES string of the molecule is c1csc(-c2cnc3[nH]cc(-c4nccs4)c3c2)c1. The summed E-state index contributed by atoms with van der Waals surface area (Å²) in [6.45, 7) is 0. The third-order valence-electron chi connectivity index (χ3n) is 3.00. The average molecular weight is 283 g/mol. The van der Waals surface area contributed by atoms with Crippen LogP contribution in [0.4, 0.5) is 0 Å². The molecule has 0 aliphatic heterocycles. The van der Waals surface area contributed by atoms with Gasteiger partial charge in [0.2, 0.25) is 0 Å². The van der Waals surface area contributed by atoms with Crippen LogP contribution in [-0.2, 0) is 0 Å². The van der Waals surface area contributed by atoms with Crippen molar-refractivity contribution in [1.82, 2.24) is 15.0 Å². The maximum absolute atomic E-state index is 4.50. The zero-order valence-electron chi connectivity index (χ0n) is 9.83. The van der Waals surface area contributed by atoms with Crippen molar-refractivity contribution in [3.05, 3.63) is 47.5 Å². The highest BCUT2D eigenvalue weighted by molar-refractivity contribution is 7.13. The molecule has 0 atom stereocenters. The molecule has 0 amide bonds. The van der Waals surface area contributed by atoms with Gasteiger partial charge in [0.25, 0.3) is 0 Å². The number of nitrogens with zero attached hydrogens (tertiary/aromatic N) is 2. The standard InChI is InChI=1S/C14H9N3S2/c1-2-12(18-4-1)9-6-10-11(14-15-3-5-19-14)8-17-13(10)16-7-9/h1-8H,(H,16,17). The molecule has 3 nitrogen and oxygen atoms in total. The Morgan fingerprint density at radius 3 is 2.89 bits per heavy atom. The molecule has 0 spiro atoms. The van der Waals surface area contributed by atoms with E-state index < -0.39 is 0 Å². The molecule has 0 radical (unpaired) electrons. The summed E-state index contributed by atoms with van der Waals surface area (Å²) in [4.78, 5) is 13.3. The average Bonchev–Trinajstić information content (AvgIpc) is 3.18. The molecule has 0 saturated heterocycles. The van der Waals surface area contributed by atoms with E-state index in [1.807, 2.05) is 24.0 Å². The normalized spacial score (nSPS) is 11.2. The Bertz CT molecular complexity index is 814. The fourth-order valence-corrected chi connectivity index (χ4v) is 3.49. The number of thiazole rings is 1. The van der Waals surface area contributed by atoms with Gasteiger partial charge >= 0.3 is 0 Å². The van der Waals surface area contributed by atoms with Gasteiger partial charge in [-0.3, -0.25) is 0 Å². The minimum absolute atomic E-state index is 0.908. The first kappa shape index (κ1) is 10.9. The first-order valence-electron chi connectivity index (χ1n) is 5.83. The highest BCUT2D eigenvalue weighted by Crippen LogP contribution is 2.32. The summed E-state index contributed by atoms with van der Waals surface area (Å²) in [6, 6.07) is 6.35. The third-order valence-corrected chi connectivity index (χ3v) is 4.72. The Hall–Kier alpha value is -1.98. The van der Waals surface area contributed by atoms with Gasteiger partial charge in [-0.05, 0) is 17.5 Å². The summed E-state index contributed by atoms with van der Waals surface area (Å²) in [5.74, 6) is 0. The summed E-state index contributed by atoms with van der Waals surface area (Å²) < 4.78 is 0. The van der Waals surface area contributed by atoms with Gasteiger partial charge in [-0.2, -0.15) is 0 Å². The second-order valence-corrected chi connectivity index (χ2v) is 5.98. The molecule has 0 aliphatic rings. The van der Waals surface area contributed by atoms with E-state index >= 15 is 0 Å². The molecule has 1 N–H and O–H groups in total. The maximum atomic E-state index is 4.50. The van der Waals surface area contributed by atoms with Crippen molar-refractivity contribution in [2.24, 2.45) is 0 Å². The molecule has 0 saturated carbocycles. The second-order valence-electron chi connectivity index (χ2n) is 4.14. The minimum atomic E-state index is 0.908. The first-order valence-corrected chi connectivity index (χ1v) is 7.58. The summed E-state index contributed by atoms with van der Waals surface area (Å²) >= 11 is 3.37. The number of fused-ring (bicyclic) bond motifs is 1. The van der Waals surface area contributed by atoms with E-state index in [2.05, 4.69) is 38.5 Å². The third kappa shape index (κ3) is 1.78. The summed E-state index contributed by atoms with van der Waals surface area (Å²) in [5, 5.41) is 6.22. The lowest BCUT2D eigenvalue weighted by molar-refractivity contribution is 1.33. The zero-order chi connectivity index (χ0) is 12.7. The molecule has 0 aromatic carbocycles. The van der Waals surface area contributed by atoms with E-state index in [9.17, 15) is 0 Å². The van der Waals surface area contributed by atoms with Crippen LogP contribution in [0.3, 0.4) is 0 Å². The number of H-pyrrole nitrogens is 1. The number of hydrogen-bond acceptors (Lipinski definition) is 4. The Labute approximate surface area is 117 Å². The number of nitrogens with one attached hydrogen (secondary N) is 1. The number of rotatable bonds is 2. The van der Waals surface area contributed by atoms with Crippen LogP contribution < -0.4 is 0 Å². The predicted molar refractivity (Wildman–Crippen MR) is 80.5 cm³/mol. The van der Waals surface area contributed by atoms with Crippen LogP contribution in [0, 0.1) is 0 Å². The lowest BCUT2D eigenvalue weighted by Gasteiger charge is -1.98. The van der Waals surface area contributed by atoms with Crippen molar-refractivity contribution < 1.29 is 0 Å². The fraction of sp³-hybridized carbons (Fsp3) is 0. The Morgan fingerprint density at radius 2 is 2.11 bits per heavy atom. The molecule has 0 fully saturated rings. The minimum Gasteiger partial charge on any atom is -0.345 e. The molecule has 0 aliphatic carbocycles. The highest BCUT2D eigenvalue weighted by Gasteiger charge is 2.10. The first-order chi connectivity index (χ1) is 9.42. The molecule has 5 heteroatoms. The van der Waals surface area contributed by atoms with Gasteiger partial charge in [-0.15, -0.1) is 22.7 Å².